The number of imidazole rings is 1. The predicted molar refractivity (Wildman–Crippen MR) is 127 cm³/mol. The van der Waals surface area contributed by atoms with Crippen molar-refractivity contribution in [2.45, 2.75) is 62.6 Å². The number of anilines is 1. The smallest absolute Gasteiger partial charge is 0.167 e. The van der Waals surface area contributed by atoms with Gasteiger partial charge in [0.1, 0.15) is 24.6 Å². The van der Waals surface area contributed by atoms with Crippen molar-refractivity contribution in [2.24, 2.45) is 0 Å². The Morgan fingerprint density at radius 2 is 2.06 bits per heavy atom. The average Bonchev–Trinajstić information content (AvgIpc) is 3.51. The first-order valence-electron chi connectivity index (χ1n) is 11.0. The minimum atomic E-state index is -1.21. The molecule has 3 heterocycles. The molecule has 2 aliphatic rings. The third kappa shape index (κ3) is 4.57. The van der Waals surface area contributed by atoms with Crippen LogP contribution in [-0.2, 0) is 16.1 Å². The lowest BCUT2D eigenvalue weighted by Gasteiger charge is -2.22. The van der Waals surface area contributed by atoms with Crippen LogP contribution in [0.5, 0.6) is 0 Å². The van der Waals surface area contributed by atoms with E-state index in [0.29, 0.717) is 23.6 Å². The standard InChI is InChI=1S/C22H26IN5O5/c23-13-4-1-3-12(7-13)9-32-15-6-2-5-14(15)27-20-17-21(25-10-24-20)28(11-26-17)22-19(31)18(30)16(8-29)33-22/h1,3-4,7,10-11,14-16,18-19,22,29-31H,2,5-6,8-9H2,(H,24,25,27)/t14-,15?,16+,18+,19+,22?/m0/s1. The molecule has 6 atom stereocenters. The lowest BCUT2D eigenvalue weighted by atomic mass is 10.1. The Balaban J connectivity index is 1.32. The maximum absolute atomic E-state index is 10.4. The van der Waals surface area contributed by atoms with Gasteiger partial charge in [-0.2, -0.15) is 0 Å². The van der Waals surface area contributed by atoms with E-state index in [-0.39, 0.29) is 12.1 Å². The molecule has 2 fully saturated rings. The van der Waals surface area contributed by atoms with Crippen molar-refractivity contribution in [2.75, 3.05) is 11.9 Å². The lowest BCUT2D eigenvalue weighted by molar-refractivity contribution is -0.0511. The molecular formula is C22H26IN5O5. The molecule has 1 saturated carbocycles. The third-order valence-corrected chi connectivity index (χ3v) is 6.95. The fourth-order valence-corrected chi connectivity index (χ4v) is 5.16. The van der Waals surface area contributed by atoms with Gasteiger partial charge in [0, 0.05) is 3.57 Å². The van der Waals surface area contributed by atoms with Gasteiger partial charge in [0.05, 0.1) is 31.7 Å². The van der Waals surface area contributed by atoms with Gasteiger partial charge >= 0.3 is 0 Å². The van der Waals surface area contributed by atoms with Crippen LogP contribution in [0.3, 0.4) is 0 Å². The van der Waals surface area contributed by atoms with Crippen molar-refractivity contribution in [3.63, 3.8) is 0 Å². The van der Waals surface area contributed by atoms with E-state index in [4.69, 9.17) is 9.47 Å². The number of aromatic nitrogens is 4. The number of benzene rings is 1. The number of fused-ring (bicyclic) bond motifs is 1. The highest BCUT2D eigenvalue weighted by molar-refractivity contribution is 14.1. The summed E-state index contributed by atoms with van der Waals surface area (Å²) in [7, 11) is 0. The molecule has 10 nitrogen and oxygen atoms in total. The Labute approximate surface area is 204 Å². The summed E-state index contributed by atoms with van der Waals surface area (Å²) in [5.41, 5.74) is 2.16. The topological polar surface area (TPSA) is 135 Å². The molecule has 1 aromatic carbocycles. The number of nitrogens with one attached hydrogen (secondary N) is 1. The minimum absolute atomic E-state index is 0.0513. The predicted octanol–water partition coefficient (Wildman–Crippen LogP) is 1.59. The summed E-state index contributed by atoms with van der Waals surface area (Å²) in [5, 5.41) is 33.3. The highest BCUT2D eigenvalue weighted by Gasteiger charge is 2.44. The molecule has 4 N–H and O–H groups in total. The molecule has 1 aliphatic heterocycles. The van der Waals surface area contributed by atoms with Gasteiger partial charge in [-0.3, -0.25) is 4.57 Å². The summed E-state index contributed by atoms with van der Waals surface area (Å²) in [6, 6.07) is 8.37. The number of aliphatic hydroxyl groups is 3. The molecule has 33 heavy (non-hydrogen) atoms. The van der Waals surface area contributed by atoms with E-state index >= 15 is 0 Å². The number of halogens is 1. The van der Waals surface area contributed by atoms with Crippen molar-refractivity contribution >= 4 is 39.6 Å². The number of aliphatic hydroxyl groups excluding tert-OH is 3. The SMILES string of the molecule is OC[C@H]1OC(n2cnc3c(N[C@H]4CCCC4OCc4cccc(I)c4)ncnc32)[C@H](O)[C@@H]1O. The number of hydrogen-bond donors (Lipinski definition) is 4. The van der Waals surface area contributed by atoms with Crippen LogP contribution < -0.4 is 5.32 Å². The maximum Gasteiger partial charge on any atom is 0.167 e. The third-order valence-electron chi connectivity index (χ3n) is 6.28. The summed E-state index contributed by atoms with van der Waals surface area (Å²) < 4.78 is 14.6. The summed E-state index contributed by atoms with van der Waals surface area (Å²) in [6.07, 6.45) is 1.79. The summed E-state index contributed by atoms with van der Waals surface area (Å²) in [6.45, 7) is 0.160. The minimum Gasteiger partial charge on any atom is -0.394 e. The van der Waals surface area contributed by atoms with Gasteiger partial charge in [-0.1, -0.05) is 12.1 Å². The Bertz CT molecular complexity index is 1110. The largest absolute Gasteiger partial charge is 0.394 e. The molecule has 1 aliphatic carbocycles. The van der Waals surface area contributed by atoms with Crippen molar-refractivity contribution in [1.29, 1.82) is 0 Å². The molecule has 2 unspecified atom stereocenters. The molecule has 5 rings (SSSR count). The zero-order valence-corrected chi connectivity index (χ0v) is 19.9. The Morgan fingerprint density at radius 1 is 1.18 bits per heavy atom. The Kier molecular flexibility index (Phi) is 6.77. The van der Waals surface area contributed by atoms with Crippen molar-refractivity contribution in [3.8, 4) is 0 Å². The van der Waals surface area contributed by atoms with Gasteiger partial charge in [-0.25, -0.2) is 15.0 Å². The van der Waals surface area contributed by atoms with E-state index in [9.17, 15) is 15.3 Å². The van der Waals surface area contributed by atoms with Gasteiger partial charge in [0.2, 0.25) is 0 Å². The lowest BCUT2D eigenvalue weighted by Crippen LogP contribution is -2.33. The number of ether oxygens (including phenoxy) is 2. The van der Waals surface area contributed by atoms with E-state index in [1.807, 2.05) is 6.07 Å². The highest BCUT2D eigenvalue weighted by atomic mass is 127. The van der Waals surface area contributed by atoms with E-state index < -0.39 is 31.1 Å². The van der Waals surface area contributed by atoms with Gasteiger partial charge in [-0.05, 0) is 59.5 Å². The van der Waals surface area contributed by atoms with E-state index in [1.165, 1.54) is 16.2 Å². The summed E-state index contributed by atoms with van der Waals surface area (Å²) in [5.74, 6) is 0.584. The van der Waals surface area contributed by atoms with Gasteiger partial charge in [0.15, 0.2) is 23.2 Å². The van der Waals surface area contributed by atoms with Crippen LogP contribution in [0.4, 0.5) is 5.82 Å². The first kappa shape index (κ1) is 22.9. The molecule has 3 aromatic rings. The molecule has 0 bridgehead atoms. The van der Waals surface area contributed by atoms with Crippen LogP contribution >= 0.6 is 22.6 Å². The molecule has 1 saturated heterocycles. The quantitative estimate of drug-likeness (QED) is 0.314. The van der Waals surface area contributed by atoms with Gasteiger partial charge < -0.3 is 30.1 Å². The van der Waals surface area contributed by atoms with Gasteiger partial charge in [0.25, 0.3) is 0 Å². The second-order valence-corrected chi connectivity index (χ2v) is 9.68. The molecule has 0 spiro atoms. The number of rotatable bonds is 7. The van der Waals surface area contributed by atoms with Crippen molar-refractivity contribution in [3.05, 3.63) is 46.1 Å². The number of hydrogen-bond acceptors (Lipinski definition) is 9. The highest BCUT2D eigenvalue weighted by Crippen LogP contribution is 2.33. The first-order valence-corrected chi connectivity index (χ1v) is 12.1. The van der Waals surface area contributed by atoms with Crippen LogP contribution in [0.1, 0.15) is 31.1 Å². The molecule has 0 radical (unpaired) electrons. The second kappa shape index (κ2) is 9.76. The summed E-state index contributed by atoms with van der Waals surface area (Å²) >= 11 is 2.30. The fourth-order valence-electron chi connectivity index (χ4n) is 4.55. The first-order chi connectivity index (χ1) is 16.0. The molecule has 2 aromatic heterocycles. The van der Waals surface area contributed by atoms with Crippen LogP contribution in [0.15, 0.2) is 36.9 Å². The van der Waals surface area contributed by atoms with E-state index in [0.717, 1.165) is 24.8 Å². The Morgan fingerprint density at radius 3 is 2.85 bits per heavy atom. The van der Waals surface area contributed by atoms with Crippen molar-refractivity contribution < 1.29 is 24.8 Å². The molecule has 11 heteroatoms. The van der Waals surface area contributed by atoms with Gasteiger partial charge in [-0.15, -0.1) is 0 Å². The van der Waals surface area contributed by atoms with Crippen molar-refractivity contribution in [1.82, 2.24) is 19.5 Å². The monoisotopic (exact) mass is 567 g/mol. The zero-order valence-electron chi connectivity index (χ0n) is 17.8. The van der Waals surface area contributed by atoms with Crippen LogP contribution in [0.2, 0.25) is 0 Å². The summed E-state index contributed by atoms with van der Waals surface area (Å²) in [4.78, 5) is 13.2. The molecule has 0 amide bonds. The van der Waals surface area contributed by atoms with Crippen LogP contribution in [0.25, 0.3) is 11.2 Å². The van der Waals surface area contributed by atoms with Crippen LogP contribution in [0, 0.1) is 3.57 Å². The number of nitrogens with zero attached hydrogens (tertiary/aromatic N) is 4. The normalized spacial score (nSPS) is 29.7. The van der Waals surface area contributed by atoms with E-state index in [2.05, 4.69) is 61.1 Å². The Hall–Kier alpha value is -1.90. The fraction of sp³-hybridized carbons (Fsp3) is 0.500. The van der Waals surface area contributed by atoms with Crippen LogP contribution in [-0.4, -0.2) is 71.9 Å². The second-order valence-electron chi connectivity index (χ2n) is 8.44. The van der Waals surface area contributed by atoms with E-state index in [1.54, 1.807) is 4.57 Å². The molecular weight excluding hydrogens is 541 g/mol. The zero-order chi connectivity index (χ0) is 22.9. The maximum atomic E-state index is 10.4. The molecule has 176 valence electrons. The average molecular weight is 567 g/mol.